The van der Waals surface area contributed by atoms with Gasteiger partial charge in [0, 0.05) is 195 Å². The lowest BCUT2D eigenvalue weighted by Crippen LogP contribution is -1.95. The molecule has 23 heteroatoms. The van der Waals surface area contributed by atoms with E-state index in [-0.39, 0.29) is 0 Å². The van der Waals surface area contributed by atoms with Crippen molar-refractivity contribution in [2.45, 2.75) is 19.9 Å². The lowest BCUT2D eigenvalue weighted by molar-refractivity contribution is 0.112. The zero-order valence-electron chi connectivity index (χ0n) is 14.1. The molecule has 1 heterocycles. The minimum Gasteiger partial charge on any atom is -0.298 e. The van der Waals surface area contributed by atoms with E-state index in [0.717, 1.165) is 19.3 Å². The average Bonchev–Trinajstić information content (AvgIpc) is 3.22. The second kappa shape index (κ2) is 28.5. The molecule has 0 unspecified atom stereocenters. The molecule has 0 atom stereocenters. The van der Waals surface area contributed by atoms with Crippen LogP contribution in [0.3, 0.4) is 0 Å². The van der Waals surface area contributed by atoms with Crippen molar-refractivity contribution in [2.24, 2.45) is 0 Å². The molecule has 0 aliphatic carbocycles. The third kappa shape index (κ3) is 24.4. The molecule has 1 aromatic heterocycles. The Morgan fingerprint density at radius 2 is 1.13 bits per heavy atom. The van der Waals surface area contributed by atoms with E-state index in [1.165, 1.54) is 17.8 Å². The van der Waals surface area contributed by atoms with Gasteiger partial charge in [0.2, 0.25) is 0 Å². The van der Waals surface area contributed by atoms with E-state index < -0.39 is 0 Å². The van der Waals surface area contributed by atoms with Crippen molar-refractivity contribution in [3.05, 3.63) is 18.0 Å². The summed E-state index contributed by atoms with van der Waals surface area (Å²) < 4.78 is 1.77. The van der Waals surface area contributed by atoms with E-state index in [9.17, 15) is 4.79 Å². The highest BCUT2D eigenvalue weighted by Crippen LogP contribution is 1.93. The van der Waals surface area contributed by atoms with Gasteiger partial charge < -0.3 is 0 Å². The zero-order chi connectivity index (χ0) is 22.1. The quantitative estimate of drug-likeness (QED) is 0.431. The van der Waals surface area contributed by atoms with Crippen molar-refractivity contribution in [2.75, 3.05) is 0 Å². The van der Waals surface area contributed by atoms with Gasteiger partial charge in [0.05, 0.1) is 11.8 Å². The molecule has 0 spiro atoms. The summed E-state index contributed by atoms with van der Waals surface area (Å²) in [6.45, 7) is 2.95. The molecule has 0 saturated heterocycles. The van der Waals surface area contributed by atoms with Crippen LogP contribution >= 0.6 is 0 Å². The predicted molar refractivity (Wildman–Crippen MR) is 185 cm³/mol. The molecular formula is C7H10N2OS20. The number of aryl methyl sites for hydroxylation is 1. The van der Waals surface area contributed by atoms with Crippen LogP contribution in [0, 0.1) is 0 Å². The van der Waals surface area contributed by atoms with Gasteiger partial charge in [0.15, 0.2) is 6.29 Å². The summed E-state index contributed by atoms with van der Waals surface area (Å²) in [5.41, 5.74) is 0.647. The van der Waals surface area contributed by atoms with Gasteiger partial charge >= 0.3 is 0 Å². The first kappa shape index (κ1) is 33.3. The van der Waals surface area contributed by atoms with Gasteiger partial charge in [0.1, 0.15) is 0 Å². The first-order valence-corrected chi connectivity index (χ1v) is 31.8. The number of aldehydes is 1. The molecule has 0 amide bonds. The maximum atomic E-state index is 10.2. The molecule has 0 radical (unpaired) electrons. The summed E-state index contributed by atoms with van der Waals surface area (Å²) in [7, 11) is 30.8. The highest BCUT2D eigenvalue weighted by atomic mass is 33.5. The molecule has 0 fully saturated rings. The van der Waals surface area contributed by atoms with Crippen molar-refractivity contribution in [3.8, 4) is 0 Å². The summed E-state index contributed by atoms with van der Waals surface area (Å²) in [6, 6.07) is 0. The monoisotopic (exact) mass is 778 g/mol. The normalized spacial score (nSPS) is 8.17. The van der Waals surface area contributed by atoms with Crippen LogP contribution in [-0.2, 0) is 189 Å². The largest absolute Gasteiger partial charge is 0.298 e. The number of nitrogens with zero attached hydrogens (tertiary/aromatic N) is 2. The predicted octanol–water partition coefficient (Wildman–Crippen LogP) is 1.06. The fraction of sp³-hybridized carbons (Fsp3) is 0.429. The third-order valence-corrected chi connectivity index (χ3v) is 39.5. The first-order chi connectivity index (χ1) is 14.8. The van der Waals surface area contributed by atoms with Gasteiger partial charge in [-0.1, -0.05) is 6.92 Å². The van der Waals surface area contributed by atoms with Crippen LogP contribution in [0.25, 0.3) is 0 Å². The van der Waals surface area contributed by atoms with Crippen LogP contribution in [0.5, 0.6) is 0 Å². The summed E-state index contributed by atoms with van der Waals surface area (Å²) in [5, 5.41) is 3.96. The Labute approximate surface area is 236 Å². The zero-order valence-corrected chi connectivity index (χ0v) is 30.4. The van der Waals surface area contributed by atoms with Crippen molar-refractivity contribution < 1.29 is 4.79 Å². The van der Waals surface area contributed by atoms with Gasteiger partial charge in [-0.15, -0.1) is 0 Å². The minimum absolute atomic E-state index is 0.647. The van der Waals surface area contributed by atoms with E-state index >= 15 is 0 Å². The van der Waals surface area contributed by atoms with E-state index in [1.54, 1.807) is 159 Å². The molecule has 3 nitrogen and oxygen atoms in total. The van der Waals surface area contributed by atoms with E-state index in [0.29, 0.717) is 5.56 Å². The van der Waals surface area contributed by atoms with Gasteiger partial charge in [-0.25, -0.2) is 0 Å². The van der Waals surface area contributed by atoms with Gasteiger partial charge in [-0.05, 0) is 6.42 Å². The SMILES string of the molecule is CCCn1cc(C=O)cn1.S=S=S=S=S=S=S=S=S=S=S=S=S=S=S=S=S=S=S=S. The number of carbonyl (C=O) groups excluding carboxylic acids is 1. The van der Waals surface area contributed by atoms with Crippen molar-refractivity contribution in [1.29, 1.82) is 0 Å². The highest BCUT2D eigenvalue weighted by Gasteiger charge is 1.93. The molecule has 0 saturated carbocycles. The molecule has 174 valence electrons. The number of hydrogen-bond acceptors (Lipinski definition) is 4. The third-order valence-electron chi connectivity index (χ3n) is 1.71. The summed E-state index contributed by atoms with van der Waals surface area (Å²) in [4.78, 5) is 10.2. The molecule has 1 aromatic rings. The maximum Gasteiger partial charge on any atom is 0.153 e. The van der Waals surface area contributed by atoms with E-state index in [2.05, 4.69) is 12.0 Å². The molecule has 30 heavy (non-hydrogen) atoms. The fourth-order valence-electron chi connectivity index (χ4n) is 0.973. The Bertz CT molecular complexity index is 1370. The second-order valence-electron chi connectivity index (χ2n) is 3.38. The van der Waals surface area contributed by atoms with Crippen LogP contribution in [0.4, 0.5) is 0 Å². The average molecular weight is 780 g/mol. The number of carbonyl (C=O) groups is 1. The Morgan fingerprint density at radius 1 is 0.767 bits per heavy atom. The second-order valence-corrected chi connectivity index (χ2v) is 35.2. The number of aromatic nitrogens is 2. The molecule has 0 aromatic carbocycles. The van der Waals surface area contributed by atoms with Crippen LogP contribution in [0.1, 0.15) is 23.7 Å². The number of hydrogen-bond donors (Lipinski definition) is 0. The first-order valence-electron chi connectivity index (χ1n) is 6.51. The Hall–Kier alpha value is 3.28. The van der Waals surface area contributed by atoms with Gasteiger partial charge in [-0.3, -0.25) is 9.48 Å². The molecule has 0 bridgehead atoms. The summed E-state index contributed by atoms with van der Waals surface area (Å²) in [5.74, 6) is 0. The lowest BCUT2D eigenvalue weighted by atomic mass is 10.4. The maximum absolute atomic E-state index is 10.2. The van der Waals surface area contributed by atoms with Crippen molar-refractivity contribution in [1.82, 2.24) is 9.78 Å². The highest BCUT2D eigenvalue weighted by molar-refractivity contribution is 8.78. The molecule has 0 aliphatic heterocycles. The van der Waals surface area contributed by atoms with Crippen LogP contribution in [0.2, 0.25) is 0 Å². The minimum atomic E-state index is 0.647. The van der Waals surface area contributed by atoms with Crippen LogP contribution in [-0.4, -0.2) is 16.1 Å². The fourth-order valence-corrected chi connectivity index (χ4v) is 44.9. The standard InChI is InChI=1S/C7H10N2O.S20/c1-2-3-9-5-7(6-10)4-8-9;1-3-5-7-9-11-13-15-17-19-20-18-16-14-12-10-8-6-4-2/h4-6H,2-3H2,1H3;. The van der Waals surface area contributed by atoms with Crippen LogP contribution in [0.15, 0.2) is 12.4 Å². The van der Waals surface area contributed by atoms with E-state index in [4.69, 9.17) is 22.4 Å². The molecule has 0 aliphatic rings. The molecule has 1 rings (SSSR count). The Balaban J connectivity index is 0.000000696. The van der Waals surface area contributed by atoms with Crippen molar-refractivity contribution >= 4 is 189 Å². The van der Waals surface area contributed by atoms with Gasteiger partial charge in [0.25, 0.3) is 0 Å². The van der Waals surface area contributed by atoms with Gasteiger partial charge in [-0.2, -0.15) is 5.10 Å². The van der Waals surface area contributed by atoms with Crippen LogP contribution < -0.4 is 0 Å². The molecular weight excluding hydrogens is 769 g/mol. The molecule has 0 N–H and O–H groups in total. The summed E-state index contributed by atoms with van der Waals surface area (Å²) >= 11 is 9.51. The topological polar surface area (TPSA) is 34.9 Å². The van der Waals surface area contributed by atoms with E-state index in [1.807, 2.05) is 0 Å². The number of rotatable bonds is 3. The van der Waals surface area contributed by atoms with Crippen molar-refractivity contribution in [3.63, 3.8) is 0 Å². The Morgan fingerprint density at radius 3 is 1.40 bits per heavy atom. The Kier molecular flexibility index (Phi) is 31.6. The summed E-state index contributed by atoms with van der Waals surface area (Å²) in [6.07, 6.45) is 5.16. The smallest absolute Gasteiger partial charge is 0.153 e. The lowest BCUT2D eigenvalue weighted by Gasteiger charge is -1.93.